The Balaban J connectivity index is 1.43. The van der Waals surface area contributed by atoms with E-state index in [0.717, 1.165) is 38.4 Å². The minimum atomic E-state index is -0.996. The Bertz CT molecular complexity index is 1750. The summed E-state index contributed by atoms with van der Waals surface area (Å²) in [6, 6.07) is 25.7. The van der Waals surface area contributed by atoms with Gasteiger partial charge < -0.3 is 15.0 Å². The van der Waals surface area contributed by atoms with Gasteiger partial charge in [-0.2, -0.15) is 0 Å². The minimum Gasteiger partial charge on any atom is -0.480 e. The van der Waals surface area contributed by atoms with Crippen molar-refractivity contribution in [3.63, 3.8) is 0 Å². The number of hydrogen-bond donors (Lipinski definition) is 3. The maximum Gasteiger partial charge on any atom is 0.322 e. The number of aliphatic carboxylic acids is 1. The van der Waals surface area contributed by atoms with Gasteiger partial charge in [-0.1, -0.05) is 96.9 Å². The molecule has 222 valence electrons. The highest BCUT2D eigenvalue weighted by molar-refractivity contribution is 6.42. The summed E-state index contributed by atoms with van der Waals surface area (Å²) in [6.07, 6.45) is 2.48. The van der Waals surface area contributed by atoms with Crippen molar-refractivity contribution in [2.75, 3.05) is 13.6 Å². The van der Waals surface area contributed by atoms with Gasteiger partial charge in [-0.25, -0.2) is 10.4 Å². The molecule has 3 N–H and O–H groups in total. The van der Waals surface area contributed by atoms with Gasteiger partial charge in [0.2, 0.25) is 5.91 Å². The first kappa shape index (κ1) is 30.6. The zero-order chi connectivity index (χ0) is 30.5. The molecule has 5 aromatic rings. The smallest absolute Gasteiger partial charge is 0.322 e. The van der Waals surface area contributed by atoms with Crippen molar-refractivity contribution >= 4 is 56.8 Å². The number of aromatic amines is 1. The number of carboxylic acids is 1. The van der Waals surface area contributed by atoms with Crippen LogP contribution in [0.5, 0.6) is 0 Å². The number of aromatic nitrogens is 1. The first-order chi connectivity index (χ1) is 20.7. The number of para-hydroxylation sites is 1. The van der Waals surface area contributed by atoms with Crippen LogP contribution in [0.2, 0.25) is 10.0 Å². The molecule has 1 aromatic heterocycles. The Morgan fingerprint density at radius 1 is 0.884 bits per heavy atom. The fourth-order valence-corrected chi connectivity index (χ4v) is 5.80. The van der Waals surface area contributed by atoms with Gasteiger partial charge in [0.25, 0.3) is 0 Å². The summed E-state index contributed by atoms with van der Waals surface area (Å²) in [6.45, 7) is 2.64. The Kier molecular flexibility index (Phi) is 9.68. The van der Waals surface area contributed by atoms with E-state index in [0.29, 0.717) is 29.6 Å². The second kappa shape index (κ2) is 13.6. The van der Waals surface area contributed by atoms with Crippen LogP contribution in [0.3, 0.4) is 0 Å². The van der Waals surface area contributed by atoms with Crippen LogP contribution in [0.25, 0.3) is 21.7 Å². The molecule has 4 aromatic carbocycles. The minimum absolute atomic E-state index is 0.148. The van der Waals surface area contributed by atoms with E-state index in [4.69, 9.17) is 23.2 Å². The maximum atomic E-state index is 14.1. The fraction of sp³-hybridized carbons (Fsp3) is 0.235. The molecule has 0 aliphatic carbocycles. The summed E-state index contributed by atoms with van der Waals surface area (Å²) in [5, 5.41) is 16.0. The van der Waals surface area contributed by atoms with Crippen LogP contribution in [0.1, 0.15) is 23.6 Å². The predicted octanol–water partition coefficient (Wildman–Crippen LogP) is 6.72. The number of rotatable bonds is 12. The van der Waals surface area contributed by atoms with Crippen molar-refractivity contribution in [2.24, 2.45) is 0 Å². The molecule has 1 unspecified atom stereocenters. The lowest BCUT2D eigenvalue weighted by atomic mass is 10.00. The van der Waals surface area contributed by atoms with E-state index in [9.17, 15) is 14.7 Å². The molecular formula is C34H34Cl2N4O3. The number of fused-ring (bicyclic) bond motifs is 2. The van der Waals surface area contributed by atoms with Gasteiger partial charge in [0, 0.05) is 43.7 Å². The molecule has 0 saturated heterocycles. The second-order valence-corrected chi connectivity index (χ2v) is 11.5. The standard InChI is InChI=1S/C34H34Cl2N4O3/c1-3-40(38-31(34(42)43)19-26-20-37-30-11-7-6-10-27(26)30)32(18-22-12-14-24-8-4-5-9-25(24)16-22)33(41)39(2)21-23-13-15-28(35)29(36)17-23/h4-17,20,31-32,37-38H,3,18-19,21H2,1-2H3,(H,42,43)/t31-,32?/m0/s1. The van der Waals surface area contributed by atoms with E-state index in [1.807, 2.05) is 73.8 Å². The third kappa shape index (κ3) is 7.20. The number of nitrogens with zero attached hydrogens (tertiary/aromatic N) is 2. The predicted molar refractivity (Wildman–Crippen MR) is 173 cm³/mol. The van der Waals surface area contributed by atoms with Crippen molar-refractivity contribution < 1.29 is 14.7 Å². The summed E-state index contributed by atoms with van der Waals surface area (Å²) in [5.41, 5.74) is 6.87. The van der Waals surface area contributed by atoms with E-state index in [1.54, 1.807) is 29.1 Å². The molecule has 1 amide bonds. The van der Waals surface area contributed by atoms with Crippen molar-refractivity contribution in [2.45, 2.75) is 38.4 Å². The summed E-state index contributed by atoms with van der Waals surface area (Å²) in [5.74, 6) is -1.14. The second-order valence-electron chi connectivity index (χ2n) is 10.7. The molecule has 0 aliphatic rings. The highest BCUT2D eigenvalue weighted by Crippen LogP contribution is 2.24. The molecule has 0 bridgehead atoms. The molecule has 0 spiro atoms. The van der Waals surface area contributed by atoms with Crippen molar-refractivity contribution in [3.8, 4) is 0 Å². The number of H-pyrrole nitrogens is 1. The number of benzene rings is 4. The number of carbonyl (C=O) groups is 2. The molecule has 2 atom stereocenters. The number of halogens is 2. The largest absolute Gasteiger partial charge is 0.480 e. The highest BCUT2D eigenvalue weighted by Gasteiger charge is 2.32. The van der Waals surface area contributed by atoms with E-state index >= 15 is 0 Å². The van der Waals surface area contributed by atoms with Crippen molar-refractivity contribution in [3.05, 3.63) is 118 Å². The van der Waals surface area contributed by atoms with Crippen LogP contribution in [0.4, 0.5) is 0 Å². The topological polar surface area (TPSA) is 88.7 Å². The lowest BCUT2D eigenvalue weighted by Crippen LogP contribution is -2.58. The molecule has 0 saturated carbocycles. The first-order valence-corrected chi connectivity index (χ1v) is 15.0. The molecule has 1 heterocycles. The highest BCUT2D eigenvalue weighted by atomic mass is 35.5. The molecule has 7 nitrogen and oxygen atoms in total. The molecule has 43 heavy (non-hydrogen) atoms. The van der Waals surface area contributed by atoms with Gasteiger partial charge in [-0.3, -0.25) is 9.59 Å². The third-order valence-corrected chi connectivity index (χ3v) is 8.48. The van der Waals surface area contributed by atoms with Crippen LogP contribution in [-0.4, -0.2) is 57.6 Å². The number of hydrogen-bond acceptors (Lipinski definition) is 4. The Hall–Kier alpha value is -3.88. The monoisotopic (exact) mass is 616 g/mol. The van der Waals surface area contributed by atoms with E-state index in [1.165, 1.54) is 0 Å². The Morgan fingerprint density at radius 2 is 1.60 bits per heavy atom. The molecular weight excluding hydrogens is 583 g/mol. The Morgan fingerprint density at radius 3 is 2.35 bits per heavy atom. The van der Waals surface area contributed by atoms with E-state index in [-0.39, 0.29) is 12.3 Å². The number of hydrazine groups is 1. The number of nitrogens with one attached hydrogen (secondary N) is 2. The number of likely N-dealkylation sites (N-methyl/N-ethyl adjacent to an activating group) is 2. The van der Waals surface area contributed by atoms with Crippen molar-refractivity contribution in [1.29, 1.82) is 0 Å². The quantitative estimate of drug-likeness (QED) is 0.135. The van der Waals surface area contributed by atoms with E-state index < -0.39 is 18.1 Å². The first-order valence-electron chi connectivity index (χ1n) is 14.2. The number of carbonyl (C=O) groups excluding carboxylic acids is 1. The number of amides is 1. The van der Waals surface area contributed by atoms with E-state index in [2.05, 4.69) is 22.5 Å². The van der Waals surface area contributed by atoms with Gasteiger partial charge in [0.05, 0.1) is 10.0 Å². The zero-order valence-corrected chi connectivity index (χ0v) is 25.6. The molecule has 0 aliphatic heterocycles. The molecule has 0 radical (unpaired) electrons. The Labute approximate surface area is 261 Å². The van der Waals surface area contributed by atoms with Gasteiger partial charge >= 0.3 is 5.97 Å². The van der Waals surface area contributed by atoms with Crippen molar-refractivity contribution in [1.82, 2.24) is 20.3 Å². The summed E-state index contributed by atoms with van der Waals surface area (Å²) in [4.78, 5) is 31.5. The van der Waals surface area contributed by atoms with Gasteiger partial charge in [0.1, 0.15) is 12.1 Å². The maximum absolute atomic E-state index is 14.1. The molecule has 0 fully saturated rings. The van der Waals surface area contributed by atoms with Crippen LogP contribution < -0.4 is 5.43 Å². The van der Waals surface area contributed by atoms with Gasteiger partial charge in [-0.05, 0) is 52.1 Å². The van der Waals surface area contributed by atoms with Crippen LogP contribution >= 0.6 is 23.2 Å². The van der Waals surface area contributed by atoms with Crippen LogP contribution in [0.15, 0.2) is 91.1 Å². The lowest BCUT2D eigenvalue weighted by molar-refractivity contribution is -0.145. The van der Waals surface area contributed by atoms with Crippen LogP contribution in [-0.2, 0) is 29.0 Å². The van der Waals surface area contributed by atoms with Gasteiger partial charge in [0.15, 0.2) is 0 Å². The molecule has 9 heteroatoms. The zero-order valence-electron chi connectivity index (χ0n) is 24.1. The summed E-state index contributed by atoms with van der Waals surface area (Å²) in [7, 11) is 1.74. The average Bonchev–Trinajstić information content (AvgIpc) is 3.42. The summed E-state index contributed by atoms with van der Waals surface area (Å²) < 4.78 is 0. The average molecular weight is 618 g/mol. The van der Waals surface area contributed by atoms with Gasteiger partial charge in [-0.15, -0.1) is 0 Å². The van der Waals surface area contributed by atoms with Crippen LogP contribution in [0, 0.1) is 0 Å². The fourth-order valence-electron chi connectivity index (χ4n) is 5.47. The SMILES string of the molecule is CCN(N[C@@H](Cc1c[nH]c2ccccc12)C(=O)O)C(Cc1ccc2ccccc2c1)C(=O)N(C)Cc1ccc(Cl)c(Cl)c1. The third-order valence-electron chi connectivity index (χ3n) is 7.74. The number of carboxylic acid groups (broad SMARTS) is 1. The summed E-state index contributed by atoms with van der Waals surface area (Å²) >= 11 is 12.3. The lowest BCUT2D eigenvalue weighted by Gasteiger charge is -2.35. The molecule has 5 rings (SSSR count). The normalized spacial score (nSPS) is 13.0.